The number of benzene rings is 1. The van der Waals surface area contributed by atoms with Crippen molar-refractivity contribution in [1.82, 2.24) is 0 Å². The van der Waals surface area contributed by atoms with E-state index < -0.39 is 52.7 Å². The van der Waals surface area contributed by atoms with Gasteiger partial charge in [-0.25, -0.2) is 4.18 Å². The highest BCUT2D eigenvalue weighted by Crippen LogP contribution is 2.44. The van der Waals surface area contributed by atoms with Crippen LogP contribution in [0, 0.1) is 6.92 Å². The average Bonchev–Trinajstić information content (AvgIpc) is 3.06. The minimum absolute atomic E-state index is 0.170. The predicted octanol–water partition coefficient (Wildman–Crippen LogP) is 2.03. The van der Waals surface area contributed by atoms with E-state index in [0.29, 0.717) is 0 Å². The Balaban J connectivity index is 1.46. The van der Waals surface area contributed by atoms with Crippen LogP contribution in [0.5, 0.6) is 5.75 Å². The number of hydrogen-bond donors (Lipinski definition) is 0. The van der Waals surface area contributed by atoms with Gasteiger partial charge in [0.05, 0.1) is 6.61 Å². The summed E-state index contributed by atoms with van der Waals surface area (Å²) in [5.74, 6) is -1.56. The lowest BCUT2D eigenvalue weighted by molar-refractivity contribution is -0.238. The fourth-order valence-corrected chi connectivity index (χ4v) is 4.48. The van der Waals surface area contributed by atoms with E-state index in [2.05, 4.69) is 0 Å². The zero-order chi connectivity index (χ0) is 21.0. The van der Waals surface area contributed by atoms with E-state index in [1.807, 2.05) is 13.0 Å². The Bertz CT molecular complexity index is 866. The lowest BCUT2D eigenvalue weighted by Gasteiger charge is -2.36. The highest BCUT2D eigenvalue weighted by Gasteiger charge is 2.60. The first-order valence-corrected chi connectivity index (χ1v) is 10.8. The largest absolute Gasteiger partial charge is 0.449 e. The summed E-state index contributed by atoms with van der Waals surface area (Å²) in [5.41, 5.74) is 0.863. The van der Waals surface area contributed by atoms with Crippen molar-refractivity contribution in [2.75, 3.05) is 6.61 Å². The van der Waals surface area contributed by atoms with Crippen LogP contribution < -0.4 is 4.18 Å². The van der Waals surface area contributed by atoms with E-state index in [-0.39, 0.29) is 12.4 Å². The maximum atomic E-state index is 12.3. The van der Waals surface area contributed by atoms with Crippen molar-refractivity contribution < 1.29 is 40.5 Å². The van der Waals surface area contributed by atoms with Crippen LogP contribution in [0.2, 0.25) is 0 Å². The molecule has 162 valence electrons. The maximum Gasteiger partial charge on any atom is 0.449 e. The van der Waals surface area contributed by atoms with Gasteiger partial charge in [-0.3, -0.25) is 0 Å². The van der Waals surface area contributed by atoms with Gasteiger partial charge in [0.15, 0.2) is 17.9 Å². The minimum Gasteiger partial charge on any atom is -0.362 e. The Morgan fingerprint density at radius 2 is 1.62 bits per heavy atom. The third-order valence-corrected chi connectivity index (χ3v) is 5.64. The molecule has 0 aromatic heterocycles. The summed E-state index contributed by atoms with van der Waals surface area (Å²) >= 11 is 0. The van der Waals surface area contributed by atoms with Crippen LogP contribution in [0.15, 0.2) is 24.3 Å². The second-order valence-electron chi connectivity index (χ2n) is 8.30. The monoisotopic (exact) mass is 430 g/mol. The Kier molecular flexibility index (Phi) is 5.18. The molecule has 0 N–H and O–H groups in total. The molecule has 3 saturated heterocycles. The van der Waals surface area contributed by atoms with Gasteiger partial charge in [-0.1, -0.05) is 12.1 Å². The fraction of sp³-hybridized carbons (Fsp3) is 0.684. The molecule has 1 aromatic carbocycles. The Morgan fingerprint density at radius 3 is 2.34 bits per heavy atom. The zero-order valence-electron chi connectivity index (χ0n) is 17.0. The number of fused-ring (bicyclic) bond motifs is 3. The van der Waals surface area contributed by atoms with E-state index in [1.165, 1.54) is 6.07 Å². The van der Waals surface area contributed by atoms with Crippen molar-refractivity contribution in [3.05, 3.63) is 29.8 Å². The second-order valence-corrected chi connectivity index (χ2v) is 9.52. The summed E-state index contributed by atoms with van der Waals surface area (Å²) in [6.07, 6.45) is -3.04. The topological polar surface area (TPSA) is 98.8 Å². The third-order valence-electron chi connectivity index (χ3n) is 4.82. The molecule has 3 heterocycles. The van der Waals surface area contributed by atoms with Gasteiger partial charge in [0.25, 0.3) is 0 Å². The molecular weight excluding hydrogens is 404 g/mol. The second kappa shape index (κ2) is 7.16. The van der Waals surface area contributed by atoms with E-state index in [0.717, 1.165) is 5.56 Å². The molecule has 0 spiro atoms. The molecular formula is C19H26O9S. The standard InChI is InChI=1S/C19H26O9S/c1-11-7-6-8-12(9-11)28-29(20,21)22-10-13-14-15(25-18(2,3)24-14)16-17(23-13)27-19(4,5)26-16/h6-9,13-17H,10H2,1-5H3/t13?,14-,15?,16-,17+/m0/s1. The Hall–Kier alpha value is -1.27. The van der Waals surface area contributed by atoms with Crippen molar-refractivity contribution in [2.45, 2.75) is 76.9 Å². The van der Waals surface area contributed by atoms with Gasteiger partial charge in [-0.05, 0) is 52.3 Å². The van der Waals surface area contributed by atoms with E-state index in [4.69, 9.17) is 32.1 Å². The van der Waals surface area contributed by atoms with Crippen LogP contribution in [-0.2, 0) is 38.3 Å². The quantitative estimate of drug-likeness (QED) is 0.695. The van der Waals surface area contributed by atoms with E-state index >= 15 is 0 Å². The lowest BCUT2D eigenvalue weighted by atomic mass is 9.99. The van der Waals surface area contributed by atoms with Gasteiger partial charge in [-0.2, -0.15) is 8.42 Å². The van der Waals surface area contributed by atoms with Gasteiger partial charge < -0.3 is 27.9 Å². The first-order chi connectivity index (χ1) is 13.4. The molecule has 29 heavy (non-hydrogen) atoms. The summed E-state index contributed by atoms with van der Waals surface area (Å²) in [6.45, 7) is 8.61. The zero-order valence-corrected chi connectivity index (χ0v) is 17.8. The molecule has 0 aliphatic carbocycles. The predicted molar refractivity (Wildman–Crippen MR) is 99.2 cm³/mol. The highest BCUT2D eigenvalue weighted by molar-refractivity contribution is 7.82. The molecule has 3 fully saturated rings. The van der Waals surface area contributed by atoms with E-state index in [9.17, 15) is 8.42 Å². The molecule has 3 aliphatic rings. The summed E-state index contributed by atoms with van der Waals surface area (Å²) < 4.78 is 64.2. The molecule has 5 atom stereocenters. The maximum absolute atomic E-state index is 12.3. The third kappa shape index (κ3) is 4.58. The fourth-order valence-electron chi connectivity index (χ4n) is 3.79. The number of aryl methyl sites for hydroxylation is 1. The summed E-state index contributed by atoms with van der Waals surface area (Å²) in [6, 6.07) is 6.66. The van der Waals surface area contributed by atoms with Crippen molar-refractivity contribution in [2.24, 2.45) is 0 Å². The normalized spacial score (nSPS) is 35.1. The molecule has 1 aromatic rings. The van der Waals surface area contributed by atoms with Gasteiger partial charge in [0, 0.05) is 0 Å². The molecule has 3 aliphatic heterocycles. The van der Waals surface area contributed by atoms with Crippen LogP contribution in [0.25, 0.3) is 0 Å². The summed E-state index contributed by atoms with van der Waals surface area (Å²) in [4.78, 5) is 0. The molecule has 0 saturated carbocycles. The van der Waals surface area contributed by atoms with Gasteiger partial charge in [0.2, 0.25) is 0 Å². The van der Waals surface area contributed by atoms with Crippen LogP contribution in [0.4, 0.5) is 0 Å². The molecule has 0 bridgehead atoms. The Morgan fingerprint density at radius 1 is 0.966 bits per heavy atom. The van der Waals surface area contributed by atoms with Gasteiger partial charge in [-0.15, -0.1) is 0 Å². The number of rotatable bonds is 5. The lowest BCUT2D eigenvalue weighted by Crippen LogP contribution is -2.56. The number of ether oxygens (including phenoxy) is 5. The molecule has 9 nitrogen and oxygen atoms in total. The molecule has 0 radical (unpaired) electrons. The van der Waals surface area contributed by atoms with Crippen LogP contribution >= 0.6 is 0 Å². The number of hydrogen-bond acceptors (Lipinski definition) is 9. The summed E-state index contributed by atoms with van der Waals surface area (Å²) in [7, 11) is -4.30. The van der Waals surface area contributed by atoms with Crippen molar-refractivity contribution >= 4 is 10.4 Å². The molecule has 2 unspecified atom stereocenters. The summed E-state index contributed by atoms with van der Waals surface area (Å²) in [5, 5.41) is 0. The van der Waals surface area contributed by atoms with Gasteiger partial charge >= 0.3 is 10.4 Å². The van der Waals surface area contributed by atoms with Gasteiger partial charge in [0.1, 0.15) is 30.2 Å². The van der Waals surface area contributed by atoms with E-state index in [1.54, 1.807) is 39.8 Å². The highest BCUT2D eigenvalue weighted by atomic mass is 32.3. The minimum atomic E-state index is -4.30. The average molecular weight is 430 g/mol. The Labute approximate surface area is 170 Å². The SMILES string of the molecule is Cc1cccc(OS(=O)(=O)OCC2O[C@@H]3OC(C)(C)O[C@H]3C3OC(C)(C)O[C@@H]23)c1. The van der Waals surface area contributed by atoms with Crippen LogP contribution in [-0.4, -0.2) is 57.3 Å². The first-order valence-electron chi connectivity index (χ1n) is 9.45. The van der Waals surface area contributed by atoms with Crippen molar-refractivity contribution in [3.63, 3.8) is 0 Å². The molecule has 0 amide bonds. The van der Waals surface area contributed by atoms with Crippen molar-refractivity contribution in [3.8, 4) is 5.75 Å². The first kappa shape index (κ1) is 21.0. The van der Waals surface area contributed by atoms with Crippen LogP contribution in [0.3, 0.4) is 0 Å². The van der Waals surface area contributed by atoms with Crippen LogP contribution in [0.1, 0.15) is 33.3 Å². The van der Waals surface area contributed by atoms with Crippen molar-refractivity contribution in [1.29, 1.82) is 0 Å². The molecule has 10 heteroatoms. The molecule has 4 rings (SSSR count). The smallest absolute Gasteiger partial charge is 0.362 e.